The lowest BCUT2D eigenvalue weighted by atomic mass is 9.47. The van der Waals surface area contributed by atoms with Crippen molar-refractivity contribution in [3.05, 3.63) is 108 Å². The first-order chi connectivity index (χ1) is 17.1. The number of hydrogen-bond acceptors (Lipinski definition) is 1. The van der Waals surface area contributed by atoms with Crippen LogP contribution in [0.5, 0.6) is 0 Å². The Bertz CT molecular complexity index is 1630. The normalized spacial score (nSPS) is 26.6. The molecular weight excluding hydrogens is 424 g/mol. The summed E-state index contributed by atoms with van der Waals surface area (Å²) in [5.74, 6) is 0. The predicted molar refractivity (Wildman–Crippen MR) is 146 cm³/mol. The van der Waals surface area contributed by atoms with E-state index in [1.807, 2.05) is 0 Å². The number of aromatic nitrogens is 1. The van der Waals surface area contributed by atoms with Gasteiger partial charge in [-0.1, -0.05) is 60.7 Å². The fourth-order valence-electron chi connectivity index (χ4n) is 8.26. The van der Waals surface area contributed by atoms with Crippen molar-refractivity contribution in [1.82, 2.24) is 4.57 Å². The topological polar surface area (TPSA) is 8.17 Å². The van der Waals surface area contributed by atoms with Crippen molar-refractivity contribution in [3.8, 4) is 5.69 Å². The minimum atomic E-state index is 0.131. The standard InChI is InChI=1S/C33H30N2/c1-22-20-31-26(25-12-6-9-15-29(25)34(31)24-10-4-3-5-11-24)21-30(22)35-23(2)32-16-18-33(35,19-17-32)28-14-8-7-13-27(28)32/h3-15,20-21,23H,16-19H2,1-2H3/t23-,32?,33?/m0/s1. The van der Waals surface area contributed by atoms with Crippen molar-refractivity contribution in [3.63, 3.8) is 0 Å². The smallest absolute Gasteiger partial charge is 0.0660 e. The van der Waals surface area contributed by atoms with Gasteiger partial charge in [-0.05, 0) is 86.6 Å². The van der Waals surface area contributed by atoms with Crippen molar-refractivity contribution in [2.75, 3.05) is 4.90 Å². The summed E-state index contributed by atoms with van der Waals surface area (Å²) < 4.78 is 2.44. The fourth-order valence-corrected chi connectivity index (χ4v) is 8.26. The maximum absolute atomic E-state index is 2.85. The minimum absolute atomic E-state index is 0.131. The number of hydrogen-bond donors (Lipinski definition) is 0. The maximum Gasteiger partial charge on any atom is 0.0660 e. The number of nitrogens with zero attached hydrogens (tertiary/aromatic N) is 2. The van der Waals surface area contributed by atoms with Gasteiger partial charge in [0.1, 0.15) is 0 Å². The van der Waals surface area contributed by atoms with E-state index in [0.29, 0.717) is 6.04 Å². The highest BCUT2D eigenvalue weighted by molar-refractivity contribution is 6.10. The van der Waals surface area contributed by atoms with E-state index in [1.54, 1.807) is 11.1 Å². The van der Waals surface area contributed by atoms with Crippen molar-refractivity contribution in [2.24, 2.45) is 0 Å². The molecule has 1 saturated carbocycles. The molecule has 0 radical (unpaired) electrons. The van der Waals surface area contributed by atoms with Gasteiger partial charge in [0.25, 0.3) is 0 Å². The van der Waals surface area contributed by atoms with E-state index in [9.17, 15) is 0 Å². The van der Waals surface area contributed by atoms with Crippen molar-refractivity contribution in [1.29, 1.82) is 0 Å². The third-order valence-electron chi connectivity index (χ3n) is 9.85. The predicted octanol–water partition coefficient (Wildman–Crippen LogP) is 8.02. The summed E-state index contributed by atoms with van der Waals surface area (Å²) in [6.45, 7) is 4.82. The summed E-state index contributed by atoms with van der Waals surface area (Å²) in [5.41, 5.74) is 10.3. The Morgan fingerprint density at radius 1 is 0.686 bits per heavy atom. The van der Waals surface area contributed by atoms with Gasteiger partial charge in [0.15, 0.2) is 0 Å². The van der Waals surface area contributed by atoms with Gasteiger partial charge in [-0.2, -0.15) is 0 Å². The Labute approximate surface area is 206 Å². The molecule has 3 aliphatic carbocycles. The molecule has 35 heavy (non-hydrogen) atoms. The van der Waals surface area contributed by atoms with Gasteiger partial charge in [-0.25, -0.2) is 0 Å². The van der Waals surface area contributed by atoms with Crippen LogP contribution in [0, 0.1) is 6.92 Å². The Morgan fingerprint density at radius 2 is 1.37 bits per heavy atom. The van der Waals surface area contributed by atoms with Crippen LogP contribution in [0.1, 0.15) is 49.3 Å². The molecule has 11 rings (SSSR count). The second-order valence-corrected chi connectivity index (χ2v) is 11.1. The third kappa shape index (κ3) is 2.26. The summed E-state index contributed by atoms with van der Waals surface area (Å²) in [6, 6.07) is 34.5. The van der Waals surface area contributed by atoms with E-state index < -0.39 is 0 Å². The molecule has 2 heteroatoms. The SMILES string of the molecule is Cc1cc2c(cc1N1[C@@H](C)C34CCC1(CC3)c1ccccc14)c1ccccc1n2-c1ccccc1. The van der Waals surface area contributed by atoms with Gasteiger partial charge >= 0.3 is 0 Å². The van der Waals surface area contributed by atoms with Crippen molar-refractivity contribution in [2.45, 2.75) is 56.5 Å². The molecule has 2 saturated heterocycles. The zero-order valence-electron chi connectivity index (χ0n) is 20.5. The molecule has 3 fully saturated rings. The summed E-state index contributed by atoms with van der Waals surface area (Å²) in [5, 5.41) is 2.69. The van der Waals surface area contributed by atoms with Crippen LogP contribution in [-0.2, 0) is 11.0 Å². The van der Waals surface area contributed by atoms with Crippen molar-refractivity contribution >= 4 is 27.5 Å². The first-order valence-corrected chi connectivity index (χ1v) is 13.1. The molecule has 4 aromatic carbocycles. The molecule has 2 nitrogen and oxygen atoms in total. The van der Waals surface area contributed by atoms with Crippen LogP contribution in [0.4, 0.5) is 5.69 Å². The van der Waals surface area contributed by atoms with E-state index in [2.05, 4.69) is 114 Å². The molecule has 6 aliphatic rings. The van der Waals surface area contributed by atoms with Crippen LogP contribution in [0.2, 0.25) is 0 Å². The molecule has 3 aliphatic heterocycles. The minimum Gasteiger partial charge on any atom is -0.358 e. The van der Waals surface area contributed by atoms with Crippen LogP contribution in [0.25, 0.3) is 27.5 Å². The van der Waals surface area contributed by atoms with Crippen LogP contribution in [0.15, 0.2) is 91.0 Å². The average molecular weight is 455 g/mol. The fraction of sp³-hybridized carbons (Fsp3) is 0.273. The van der Waals surface area contributed by atoms with Gasteiger partial charge in [0.05, 0.1) is 16.6 Å². The highest BCUT2D eigenvalue weighted by Gasteiger charge is 2.64. The van der Waals surface area contributed by atoms with Crippen LogP contribution in [0.3, 0.4) is 0 Å². The zero-order valence-corrected chi connectivity index (χ0v) is 20.5. The maximum atomic E-state index is 2.85. The van der Waals surface area contributed by atoms with E-state index in [0.717, 1.165) is 0 Å². The number of piperidine rings is 2. The van der Waals surface area contributed by atoms with Gasteiger partial charge in [-0.15, -0.1) is 0 Å². The molecule has 0 spiro atoms. The quantitative estimate of drug-likeness (QED) is 0.262. The van der Waals surface area contributed by atoms with Gasteiger partial charge in [0.2, 0.25) is 0 Å². The second-order valence-electron chi connectivity index (χ2n) is 11.1. The van der Waals surface area contributed by atoms with Crippen LogP contribution >= 0.6 is 0 Å². The largest absolute Gasteiger partial charge is 0.358 e. The molecular formula is C33H30N2. The number of anilines is 1. The molecule has 4 heterocycles. The van der Waals surface area contributed by atoms with E-state index in [-0.39, 0.29) is 11.0 Å². The lowest BCUT2D eigenvalue weighted by Crippen LogP contribution is -2.72. The lowest BCUT2D eigenvalue weighted by Gasteiger charge is -2.70. The van der Waals surface area contributed by atoms with Gasteiger partial charge < -0.3 is 9.47 Å². The van der Waals surface area contributed by atoms with Crippen molar-refractivity contribution < 1.29 is 0 Å². The first kappa shape index (κ1) is 19.8. The third-order valence-corrected chi connectivity index (χ3v) is 9.85. The highest BCUT2D eigenvalue weighted by Crippen LogP contribution is 2.66. The first-order valence-electron chi connectivity index (χ1n) is 13.1. The van der Waals surface area contributed by atoms with Crippen LogP contribution in [-0.4, -0.2) is 10.6 Å². The average Bonchev–Trinajstić information content (AvgIpc) is 3.23. The molecule has 0 N–H and O–H groups in total. The lowest BCUT2D eigenvalue weighted by molar-refractivity contribution is 0.0555. The number of para-hydroxylation sites is 2. The van der Waals surface area contributed by atoms with Gasteiger partial charge in [0, 0.05) is 33.6 Å². The number of fused-ring (bicyclic) bond motifs is 3. The number of rotatable bonds is 2. The highest BCUT2D eigenvalue weighted by atomic mass is 15.3. The summed E-state index contributed by atoms with van der Waals surface area (Å²) in [4.78, 5) is 2.85. The number of benzene rings is 4. The Morgan fingerprint density at radius 3 is 2.17 bits per heavy atom. The monoisotopic (exact) mass is 454 g/mol. The second kappa shape index (κ2) is 6.57. The Balaban J connectivity index is 1.41. The van der Waals surface area contributed by atoms with Crippen LogP contribution < -0.4 is 4.90 Å². The molecule has 1 atom stereocenters. The Hall–Kier alpha value is -3.52. The van der Waals surface area contributed by atoms with E-state index in [1.165, 1.54) is 64.4 Å². The zero-order chi connectivity index (χ0) is 23.4. The Kier molecular flexibility index (Phi) is 3.71. The summed E-state index contributed by atoms with van der Waals surface area (Å²) in [7, 11) is 0. The molecule has 0 amide bonds. The number of aryl methyl sites for hydroxylation is 1. The van der Waals surface area contributed by atoms with E-state index >= 15 is 0 Å². The van der Waals surface area contributed by atoms with Gasteiger partial charge in [-0.3, -0.25) is 0 Å². The molecule has 5 aromatic rings. The van der Waals surface area contributed by atoms with E-state index in [4.69, 9.17) is 0 Å². The summed E-state index contributed by atoms with van der Waals surface area (Å²) >= 11 is 0. The molecule has 1 aromatic heterocycles. The summed E-state index contributed by atoms with van der Waals surface area (Å²) in [6.07, 6.45) is 5.21. The molecule has 172 valence electrons. The molecule has 0 unspecified atom stereocenters. The molecule has 2 bridgehead atoms.